The van der Waals surface area contributed by atoms with Crippen LogP contribution < -0.4 is 14.4 Å². The van der Waals surface area contributed by atoms with Gasteiger partial charge in [-0.25, -0.2) is 0 Å². The molecule has 2 heterocycles. The number of hydrogen-bond acceptors (Lipinski definition) is 3. The lowest BCUT2D eigenvalue weighted by molar-refractivity contribution is 0.174. The normalized spacial score (nSPS) is 22.8. The molecule has 0 spiro atoms. The summed E-state index contributed by atoms with van der Waals surface area (Å²) in [5.74, 6) is 1.67. The van der Waals surface area contributed by atoms with Crippen molar-refractivity contribution < 1.29 is 9.47 Å². The summed E-state index contributed by atoms with van der Waals surface area (Å²) in [6.07, 6.45) is 5.36. The number of para-hydroxylation sites is 1. The zero-order chi connectivity index (χ0) is 14.3. The van der Waals surface area contributed by atoms with E-state index >= 15 is 0 Å². The highest BCUT2D eigenvalue weighted by molar-refractivity contribution is 5.58. The van der Waals surface area contributed by atoms with E-state index in [-0.39, 0.29) is 5.54 Å². The van der Waals surface area contributed by atoms with Crippen molar-refractivity contribution in [2.75, 3.05) is 11.7 Å². The highest BCUT2D eigenvalue weighted by Gasteiger charge is 2.36. The molecule has 0 fully saturated rings. The quantitative estimate of drug-likeness (QED) is 0.827. The summed E-state index contributed by atoms with van der Waals surface area (Å²) in [4.78, 5) is 2.32. The molecular weight excluding hydrogens is 262 g/mol. The average molecular weight is 279 g/mol. The maximum Gasteiger partial charge on any atom is 0.231 e. The van der Waals surface area contributed by atoms with Gasteiger partial charge in [0.1, 0.15) is 0 Å². The Kier molecular flexibility index (Phi) is 2.67. The number of rotatable bonds is 2. The lowest BCUT2D eigenvalue weighted by atomic mass is 9.88. The van der Waals surface area contributed by atoms with Gasteiger partial charge in [-0.1, -0.05) is 30.3 Å². The average Bonchev–Trinajstić information content (AvgIpc) is 3.14. The molecule has 106 valence electrons. The monoisotopic (exact) mass is 279 g/mol. The highest BCUT2D eigenvalue weighted by Crippen LogP contribution is 2.43. The Hall–Kier alpha value is -2.42. The zero-order valence-electron chi connectivity index (χ0n) is 12.0. The van der Waals surface area contributed by atoms with Crippen LogP contribution in [0.25, 0.3) is 0 Å². The van der Waals surface area contributed by atoms with Crippen LogP contribution in [0.5, 0.6) is 11.5 Å². The van der Waals surface area contributed by atoms with Gasteiger partial charge >= 0.3 is 0 Å². The summed E-state index contributed by atoms with van der Waals surface area (Å²) in [6.45, 7) is 2.58. The fourth-order valence-corrected chi connectivity index (χ4v) is 3.10. The van der Waals surface area contributed by atoms with Gasteiger partial charge < -0.3 is 14.4 Å². The van der Waals surface area contributed by atoms with Crippen molar-refractivity contribution in [3.05, 3.63) is 66.4 Å². The molecule has 0 aliphatic carbocycles. The van der Waals surface area contributed by atoms with Gasteiger partial charge in [-0.3, -0.25) is 0 Å². The van der Waals surface area contributed by atoms with Gasteiger partial charge in [0.15, 0.2) is 11.5 Å². The molecule has 1 unspecified atom stereocenters. The van der Waals surface area contributed by atoms with Gasteiger partial charge in [-0.15, -0.1) is 0 Å². The maximum atomic E-state index is 5.52. The third kappa shape index (κ3) is 1.88. The number of fused-ring (bicyclic) bond motifs is 1. The summed E-state index contributed by atoms with van der Waals surface area (Å²) in [5, 5.41) is 0. The summed E-state index contributed by atoms with van der Waals surface area (Å²) in [5.41, 5.74) is 2.34. The van der Waals surface area contributed by atoms with Crippen molar-refractivity contribution in [1.29, 1.82) is 0 Å². The van der Waals surface area contributed by atoms with E-state index < -0.39 is 0 Å². The van der Waals surface area contributed by atoms with Crippen LogP contribution in [-0.2, 0) is 5.54 Å². The van der Waals surface area contributed by atoms with Crippen LogP contribution in [0, 0.1) is 0 Å². The predicted molar refractivity (Wildman–Crippen MR) is 82.6 cm³/mol. The summed E-state index contributed by atoms with van der Waals surface area (Å²) in [7, 11) is 0. The van der Waals surface area contributed by atoms with Gasteiger partial charge in [0.2, 0.25) is 6.79 Å². The molecule has 2 aliphatic rings. The van der Waals surface area contributed by atoms with Crippen LogP contribution in [0.4, 0.5) is 5.69 Å². The molecule has 21 heavy (non-hydrogen) atoms. The summed E-state index contributed by atoms with van der Waals surface area (Å²) >= 11 is 0. The Morgan fingerprint density at radius 3 is 2.67 bits per heavy atom. The number of anilines is 1. The first-order chi connectivity index (χ1) is 10.3. The zero-order valence-corrected chi connectivity index (χ0v) is 12.0. The standard InChI is InChI=1S/C18H17NO2/c1-18(14-8-9-16-17(12-14)21-13-20-16)10-5-11-19(18)15-6-3-2-4-7-15/h2-9,11-12H,10,13H2,1H3. The lowest BCUT2D eigenvalue weighted by Gasteiger charge is -2.37. The van der Waals surface area contributed by atoms with Crippen molar-refractivity contribution in [3.63, 3.8) is 0 Å². The molecule has 0 saturated heterocycles. The smallest absolute Gasteiger partial charge is 0.231 e. The van der Waals surface area contributed by atoms with Gasteiger partial charge in [0.05, 0.1) is 5.54 Å². The van der Waals surface area contributed by atoms with E-state index in [1.165, 1.54) is 11.3 Å². The molecule has 4 rings (SSSR count). The fraction of sp³-hybridized carbons (Fsp3) is 0.222. The van der Waals surface area contributed by atoms with E-state index in [9.17, 15) is 0 Å². The van der Waals surface area contributed by atoms with Crippen LogP contribution in [0.3, 0.4) is 0 Å². The van der Waals surface area contributed by atoms with E-state index in [1.807, 2.05) is 12.1 Å². The Balaban J connectivity index is 1.76. The highest BCUT2D eigenvalue weighted by atomic mass is 16.7. The van der Waals surface area contributed by atoms with E-state index in [0.717, 1.165) is 17.9 Å². The van der Waals surface area contributed by atoms with E-state index in [4.69, 9.17) is 9.47 Å². The molecule has 2 aromatic rings. The molecule has 0 amide bonds. The summed E-state index contributed by atoms with van der Waals surface area (Å²) in [6, 6.07) is 16.7. The second kappa shape index (κ2) is 4.55. The molecule has 0 N–H and O–H groups in total. The first kappa shape index (κ1) is 12.3. The second-order valence-electron chi connectivity index (χ2n) is 5.64. The molecule has 0 bridgehead atoms. The van der Waals surface area contributed by atoms with Gasteiger partial charge in [0.25, 0.3) is 0 Å². The van der Waals surface area contributed by atoms with Crippen LogP contribution in [0.15, 0.2) is 60.8 Å². The molecule has 1 atom stereocenters. The van der Waals surface area contributed by atoms with Crippen molar-refractivity contribution in [2.24, 2.45) is 0 Å². The third-order valence-corrected chi connectivity index (χ3v) is 4.33. The van der Waals surface area contributed by atoms with Crippen LogP contribution in [0.1, 0.15) is 18.9 Å². The minimum atomic E-state index is -0.0949. The number of hydrogen-bond donors (Lipinski definition) is 0. The largest absolute Gasteiger partial charge is 0.454 e. The van der Waals surface area contributed by atoms with Crippen molar-refractivity contribution >= 4 is 5.69 Å². The first-order valence-electron chi connectivity index (χ1n) is 7.18. The SMILES string of the molecule is CC1(c2ccc3c(c2)OCO3)CC=CN1c1ccccc1. The third-order valence-electron chi connectivity index (χ3n) is 4.33. The second-order valence-corrected chi connectivity index (χ2v) is 5.64. The van der Waals surface area contributed by atoms with Crippen LogP contribution in [-0.4, -0.2) is 6.79 Å². The predicted octanol–water partition coefficient (Wildman–Crippen LogP) is 4.05. The van der Waals surface area contributed by atoms with E-state index in [2.05, 4.69) is 60.5 Å². The molecular formula is C18H17NO2. The van der Waals surface area contributed by atoms with Crippen LogP contribution >= 0.6 is 0 Å². The molecule has 0 aromatic heterocycles. The first-order valence-corrected chi connectivity index (χ1v) is 7.18. The van der Waals surface area contributed by atoms with Gasteiger partial charge in [0, 0.05) is 11.9 Å². The Bertz CT molecular complexity index is 696. The van der Waals surface area contributed by atoms with E-state index in [0.29, 0.717) is 6.79 Å². The number of nitrogens with zero attached hydrogens (tertiary/aromatic N) is 1. The Morgan fingerprint density at radius 2 is 1.81 bits per heavy atom. The number of ether oxygens (including phenoxy) is 2. The molecule has 3 heteroatoms. The lowest BCUT2D eigenvalue weighted by Crippen LogP contribution is -2.36. The molecule has 2 aromatic carbocycles. The molecule has 0 radical (unpaired) electrons. The van der Waals surface area contributed by atoms with Crippen molar-refractivity contribution in [2.45, 2.75) is 18.9 Å². The molecule has 2 aliphatic heterocycles. The number of benzene rings is 2. The van der Waals surface area contributed by atoms with Gasteiger partial charge in [-0.05, 0) is 43.2 Å². The molecule has 3 nitrogen and oxygen atoms in total. The van der Waals surface area contributed by atoms with E-state index in [1.54, 1.807) is 0 Å². The Morgan fingerprint density at radius 1 is 1.00 bits per heavy atom. The molecule has 0 saturated carbocycles. The van der Waals surface area contributed by atoms with Crippen LogP contribution in [0.2, 0.25) is 0 Å². The maximum absolute atomic E-state index is 5.52. The van der Waals surface area contributed by atoms with Crippen molar-refractivity contribution in [1.82, 2.24) is 0 Å². The fourth-order valence-electron chi connectivity index (χ4n) is 3.10. The summed E-state index contributed by atoms with van der Waals surface area (Å²) < 4.78 is 10.9. The topological polar surface area (TPSA) is 21.7 Å². The minimum Gasteiger partial charge on any atom is -0.454 e. The van der Waals surface area contributed by atoms with Gasteiger partial charge in [-0.2, -0.15) is 0 Å². The van der Waals surface area contributed by atoms with Crippen molar-refractivity contribution in [3.8, 4) is 11.5 Å². The Labute approximate surface area is 124 Å². The minimum absolute atomic E-state index is 0.0949.